The van der Waals surface area contributed by atoms with Crippen LogP contribution in [0.2, 0.25) is 0 Å². The fraction of sp³-hybridized carbons (Fsp3) is 0.300. The molecule has 146 valence electrons. The molecule has 0 unspecified atom stereocenters. The van der Waals surface area contributed by atoms with Gasteiger partial charge >= 0.3 is 0 Å². The second-order valence-electron chi connectivity index (χ2n) is 6.36. The molecule has 1 aliphatic rings. The van der Waals surface area contributed by atoms with Crippen molar-refractivity contribution in [2.45, 2.75) is 24.2 Å². The van der Waals surface area contributed by atoms with E-state index in [0.29, 0.717) is 17.9 Å². The van der Waals surface area contributed by atoms with Crippen LogP contribution in [0.25, 0.3) is 0 Å². The molecule has 0 spiro atoms. The van der Waals surface area contributed by atoms with E-state index in [-0.39, 0.29) is 23.8 Å². The van der Waals surface area contributed by atoms with E-state index in [4.69, 9.17) is 10.00 Å². The van der Waals surface area contributed by atoms with Crippen molar-refractivity contribution >= 4 is 21.6 Å². The first kappa shape index (κ1) is 19.9. The zero-order valence-electron chi connectivity index (χ0n) is 15.5. The highest BCUT2D eigenvalue weighted by Crippen LogP contribution is 2.36. The first-order chi connectivity index (χ1) is 13.5. The largest absolute Gasteiger partial charge is 0.495 e. The standard InChI is InChI=1S/C20H21N3O4S/c1-27-18-7-2-5-15-6-3-14-23(19(15)18)20(24)16-8-10-17(11-9-16)28(25,26)22-13-4-12-21/h2,5,7-11,22H,3-4,6,13-14H2,1H3. The molecule has 0 saturated carbocycles. The third-order valence-electron chi connectivity index (χ3n) is 4.59. The molecule has 8 heteroatoms. The summed E-state index contributed by atoms with van der Waals surface area (Å²) >= 11 is 0. The van der Waals surface area contributed by atoms with Crippen molar-refractivity contribution in [2.75, 3.05) is 25.1 Å². The summed E-state index contributed by atoms with van der Waals surface area (Å²) in [6, 6.07) is 13.4. The summed E-state index contributed by atoms with van der Waals surface area (Å²) in [6.07, 6.45) is 1.81. The van der Waals surface area contributed by atoms with Crippen LogP contribution in [-0.4, -0.2) is 34.5 Å². The van der Waals surface area contributed by atoms with Crippen LogP contribution in [0.1, 0.15) is 28.8 Å². The molecule has 0 radical (unpaired) electrons. The Morgan fingerprint density at radius 3 is 2.68 bits per heavy atom. The molecule has 7 nitrogen and oxygen atoms in total. The number of carbonyl (C=O) groups is 1. The maximum atomic E-state index is 13.1. The van der Waals surface area contributed by atoms with Crippen molar-refractivity contribution in [1.82, 2.24) is 4.72 Å². The normalized spacial score (nSPS) is 13.5. The van der Waals surface area contributed by atoms with Crippen LogP contribution in [0.15, 0.2) is 47.4 Å². The number of fused-ring (bicyclic) bond motifs is 1. The maximum absolute atomic E-state index is 13.1. The lowest BCUT2D eigenvalue weighted by Crippen LogP contribution is -2.35. The van der Waals surface area contributed by atoms with Crippen molar-refractivity contribution < 1.29 is 17.9 Å². The Kier molecular flexibility index (Phi) is 5.97. The first-order valence-corrected chi connectivity index (χ1v) is 10.4. The molecule has 0 atom stereocenters. The zero-order chi connectivity index (χ0) is 20.1. The number of nitrogens with one attached hydrogen (secondary N) is 1. The highest BCUT2D eigenvalue weighted by Gasteiger charge is 2.27. The average Bonchev–Trinajstić information content (AvgIpc) is 2.72. The van der Waals surface area contributed by atoms with Crippen LogP contribution >= 0.6 is 0 Å². The molecule has 2 aromatic rings. The van der Waals surface area contributed by atoms with Gasteiger partial charge in [0, 0.05) is 25.1 Å². The third kappa shape index (κ3) is 4.01. The summed E-state index contributed by atoms with van der Waals surface area (Å²) in [5.41, 5.74) is 2.23. The Morgan fingerprint density at radius 2 is 2.00 bits per heavy atom. The molecule has 1 amide bonds. The van der Waals surface area contributed by atoms with Gasteiger partial charge in [-0.3, -0.25) is 4.79 Å². The van der Waals surface area contributed by atoms with Crippen molar-refractivity contribution in [2.24, 2.45) is 0 Å². The molecule has 1 heterocycles. The van der Waals surface area contributed by atoms with Gasteiger partial charge in [-0.15, -0.1) is 0 Å². The minimum atomic E-state index is -3.71. The molecule has 1 N–H and O–H groups in total. The monoisotopic (exact) mass is 399 g/mol. The van der Waals surface area contributed by atoms with Crippen molar-refractivity contribution in [3.63, 3.8) is 0 Å². The summed E-state index contributed by atoms with van der Waals surface area (Å²) in [5.74, 6) is 0.443. The molecule has 0 aliphatic carbocycles. The Balaban J connectivity index is 1.85. The second kappa shape index (κ2) is 8.42. The van der Waals surface area contributed by atoms with Gasteiger partial charge in [-0.25, -0.2) is 13.1 Å². The number of nitriles is 1. The highest BCUT2D eigenvalue weighted by molar-refractivity contribution is 7.89. The van der Waals surface area contributed by atoms with E-state index in [1.807, 2.05) is 24.3 Å². The van der Waals surface area contributed by atoms with E-state index in [0.717, 1.165) is 24.1 Å². The van der Waals surface area contributed by atoms with E-state index in [1.54, 1.807) is 12.0 Å². The number of ether oxygens (including phenoxy) is 1. The lowest BCUT2D eigenvalue weighted by atomic mass is 10.00. The summed E-state index contributed by atoms with van der Waals surface area (Å²) in [6.45, 7) is 0.617. The Morgan fingerprint density at radius 1 is 1.25 bits per heavy atom. The topological polar surface area (TPSA) is 99.5 Å². The van der Waals surface area contributed by atoms with E-state index < -0.39 is 10.0 Å². The first-order valence-electron chi connectivity index (χ1n) is 8.92. The number of carbonyl (C=O) groups excluding carboxylic acids is 1. The molecular weight excluding hydrogens is 378 g/mol. The number of anilines is 1. The predicted octanol–water partition coefficient (Wildman–Crippen LogP) is 2.48. The number of aryl methyl sites for hydroxylation is 1. The molecule has 2 aromatic carbocycles. The minimum absolute atomic E-state index is 0.0455. The van der Waals surface area contributed by atoms with E-state index >= 15 is 0 Å². The molecule has 0 fully saturated rings. The number of hydrogen-bond donors (Lipinski definition) is 1. The fourth-order valence-corrected chi connectivity index (χ4v) is 4.27. The number of methoxy groups -OCH3 is 1. The second-order valence-corrected chi connectivity index (χ2v) is 8.13. The molecule has 0 saturated heterocycles. The smallest absolute Gasteiger partial charge is 0.258 e. The lowest BCUT2D eigenvalue weighted by molar-refractivity contribution is 0.0984. The quantitative estimate of drug-likeness (QED) is 0.752. The van der Waals surface area contributed by atoms with E-state index in [9.17, 15) is 13.2 Å². The average molecular weight is 399 g/mol. The van der Waals surface area contributed by atoms with Crippen molar-refractivity contribution in [3.05, 3.63) is 53.6 Å². The number of benzene rings is 2. The van der Waals surface area contributed by atoms with Gasteiger partial charge in [0.15, 0.2) is 0 Å². The molecule has 0 bridgehead atoms. The van der Waals surface area contributed by atoms with E-state index in [1.165, 1.54) is 24.3 Å². The third-order valence-corrected chi connectivity index (χ3v) is 6.06. The van der Waals surface area contributed by atoms with Gasteiger partial charge in [0.25, 0.3) is 5.91 Å². The molecule has 28 heavy (non-hydrogen) atoms. The van der Waals surface area contributed by atoms with Gasteiger partial charge in [-0.05, 0) is 48.7 Å². The van der Waals surface area contributed by atoms with Gasteiger partial charge < -0.3 is 9.64 Å². The zero-order valence-corrected chi connectivity index (χ0v) is 16.3. The van der Waals surface area contributed by atoms with Crippen LogP contribution in [0.4, 0.5) is 5.69 Å². The van der Waals surface area contributed by atoms with Crippen LogP contribution in [0, 0.1) is 11.3 Å². The van der Waals surface area contributed by atoms with Gasteiger partial charge in [0.1, 0.15) is 5.75 Å². The van der Waals surface area contributed by atoms with Crippen LogP contribution in [0.3, 0.4) is 0 Å². The summed E-state index contributed by atoms with van der Waals surface area (Å²) in [7, 11) is -2.13. The number of nitrogens with zero attached hydrogens (tertiary/aromatic N) is 2. The van der Waals surface area contributed by atoms with Gasteiger partial charge in [0.2, 0.25) is 10.0 Å². The summed E-state index contributed by atoms with van der Waals surface area (Å²) < 4.78 is 32.2. The summed E-state index contributed by atoms with van der Waals surface area (Å²) in [4.78, 5) is 14.8. The number of hydrogen-bond acceptors (Lipinski definition) is 5. The number of rotatable bonds is 6. The van der Waals surface area contributed by atoms with Gasteiger partial charge in [-0.2, -0.15) is 5.26 Å². The van der Waals surface area contributed by atoms with Gasteiger partial charge in [-0.1, -0.05) is 12.1 Å². The Labute approximate surface area is 164 Å². The molecular formula is C20H21N3O4S. The SMILES string of the molecule is COc1cccc2c1N(C(=O)c1ccc(S(=O)(=O)NCCC#N)cc1)CCC2. The minimum Gasteiger partial charge on any atom is -0.495 e. The fourth-order valence-electron chi connectivity index (χ4n) is 3.24. The molecule has 3 rings (SSSR count). The molecule has 0 aromatic heterocycles. The Hall–Kier alpha value is -2.89. The van der Waals surface area contributed by atoms with Gasteiger partial charge in [0.05, 0.1) is 23.8 Å². The number of para-hydroxylation sites is 1. The number of sulfonamides is 1. The highest BCUT2D eigenvalue weighted by atomic mass is 32.2. The van der Waals surface area contributed by atoms with Crippen molar-refractivity contribution in [3.8, 4) is 11.8 Å². The van der Waals surface area contributed by atoms with Crippen molar-refractivity contribution in [1.29, 1.82) is 5.26 Å². The molecule has 1 aliphatic heterocycles. The van der Waals surface area contributed by atoms with Crippen LogP contribution < -0.4 is 14.4 Å². The van der Waals surface area contributed by atoms with E-state index in [2.05, 4.69) is 4.72 Å². The summed E-state index contributed by atoms with van der Waals surface area (Å²) in [5, 5.41) is 8.53. The van der Waals surface area contributed by atoms with Crippen LogP contribution in [0.5, 0.6) is 5.75 Å². The maximum Gasteiger partial charge on any atom is 0.258 e. The Bertz CT molecular complexity index is 996. The number of amides is 1. The van der Waals surface area contributed by atoms with Crippen LogP contribution in [-0.2, 0) is 16.4 Å². The lowest BCUT2D eigenvalue weighted by Gasteiger charge is -2.31. The predicted molar refractivity (Wildman–Crippen MR) is 105 cm³/mol.